The number of nitrogens with two attached hydrogens (primary N) is 1. The molecule has 1 aromatic rings. The van der Waals surface area contributed by atoms with Crippen molar-refractivity contribution in [1.82, 2.24) is 10.2 Å². The van der Waals surface area contributed by atoms with Crippen LogP contribution in [-0.4, -0.2) is 16.7 Å². The highest BCUT2D eigenvalue weighted by Gasteiger charge is 2.24. The molecule has 1 aliphatic carbocycles. The number of nitrogens with one attached hydrogen (secondary N) is 1. The second-order valence-corrected chi connectivity index (χ2v) is 4.32. The topological polar surface area (TPSA) is 54.7 Å². The van der Waals surface area contributed by atoms with Crippen LogP contribution in [0.3, 0.4) is 0 Å². The number of halogens is 1. The molecule has 1 aliphatic rings. The summed E-state index contributed by atoms with van der Waals surface area (Å²) in [6.07, 6.45) is 4.72. The molecule has 3 N–H and O–H groups in total. The predicted molar refractivity (Wildman–Crippen MR) is 55.6 cm³/mol. The molecule has 0 saturated carbocycles. The van der Waals surface area contributed by atoms with Crippen LogP contribution in [0.15, 0.2) is 4.60 Å². The first kappa shape index (κ1) is 9.21. The summed E-state index contributed by atoms with van der Waals surface area (Å²) in [5, 5.41) is 7.26. The molecule has 0 radical (unpaired) electrons. The Bertz CT molecular complexity index is 295. The van der Waals surface area contributed by atoms with Crippen molar-refractivity contribution in [1.29, 1.82) is 0 Å². The van der Waals surface area contributed by atoms with Crippen LogP contribution in [0, 0.1) is 0 Å². The minimum absolute atomic E-state index is 0.613. The highest BCUT2D eigenvalue weighted by molar-refractivity contribution is 9.10. The number of aromatic amines is 1. The molecule has 0 aliphatic heterocycles. The highest BCUT2D eigenvalue weighted by atomic mass is 79.9. The summed E-state index contributed by atoms with van der Waals surface area (Å²) in [5.41, 5.74) is 8.26. The lowest BCUT2D eigenvalue weighted by atomic mass is 9.85. The molecule has 0 spiro atoms. The largest absolute Gasteiger partial charge is 0.330 e. The van der Waals surface area contributed by atoms with Crippen LogP contribution in [0.25, 0.3) is 0 Å². The van der Waals surface area contributed by atoms with Crippen LogP contribution in [0.4, 0.5) is 0 Å². The minimum Gasteiger partial charge on any atom is -0.330 e. The van der Waals surface area contributed by atoms with Gasteiger partial charge in [-0.2, -0.15) is 5.10 Å². The molecule has 1 aromatic heterocycles. The molecule has 1 heterocycles. The summed E-state index contributed by atoms with van der Waals surface area (Å²) < 4.78 is 0.987. The van der Waals surface area contributed by atoms with Gasteiger partial charge in [-0.25, -0.2) is 0 Å². The highest BCUT2D eigenvalue weighted by Crippen LogP contribution is 2.36. The molecule has 13 heavy (non-hydrogen) atoms. The number of aryl methyl sites for hydroxylation is 1. The smallest absolute Gasteiger partial charge is 0.131 e. The number of nitrogens with zero attached hydrogens (tertiary/aromatic N) is 1. The molecule has 72 valence electrons. The average Bonchev–Trinajstić information content (AvgIpc) is 2.50. The standard InChI is InChI=1S/C9H14BrN3/c10-9-8-6(4-5-11)2-1-3-7(8)12-13-9/h6H,1-5,11H2,(H,12,13). The van der Waals surface area contributed by atoms with Crippen molar-refractivity contribution in [3.63, 3.8) is 0 Å². The number of hydrogen-bond acceptors (Lipinski definition) is 2. The number of hydrogen-bond donors (Lipinski definition) is 2. The van der Waals surface area contributed by atoms with Gasteiger partial charge in [-0.3, -0.25) is 5.10 Å². The van der Waals surface area contributed by atoms with Crippen LogP contribution < -0.4 is 5.73 Å². The normalized spacial score (nSPS) is 21.5. The van der Waals surface area contributed by atoms with E-state index in [-0.39, 0.29) is 0 Å². The second kappa shape index (κ2) is 3.80. The SMILES string of the molecule is NCCC1CCCc2[nH]nc(Br)c21. The first-order valence-corrected chi connectivity index (χ1v) is 5.55. The second-order valence-electron chi connectivity index (χ2n) is 3.57. The summed E-state index contributed by atoms with van der Waals surface area (Å²) in [5.74, 6) is 0.613. The lowest BCUT2D eigenvalue weighted by Gasteiger charge is -2.21. The molecule has 0 saturated heterocycles. The van der Waals surface area contributed by atoms with E-state index in [0.717, 1.165) is 24.0 Å². The van der Waals surface area contributed by atoms with Gasteiger partial charge in [-0.05, 0) is 54.1 Å². The zero-order valence-electron chi connectivity index (χ0n) is 7.52. The maximum absolute atomic E-state index is 5.59. The summed E-state index contributed by atoms with van der Waals surface area (Å²) >= 11 is 3.48. The van der Waals surface area contributed by atoms with Gasteiger partial charge in [0.25, 0.3) is 0 Å². The Morgan fingerprint density at radius 1 is 1.62 bits per heavy atom. The van der Waals surface area contributed by atoms with Crippen LogP contribution in [-0.2, 0) is 6.42 Å². The average molecular weight is 244 g/mol. The summed E-state index contributed by atoms with van der Waals surface area (Å²) in [4.78, 5) is 0. The van der Waals surface area contributed by atoms with E-state index in [4.69, 9.17) is 5.73 Å². The Hall–Kier alpha value is -0.350. The van der Waals surface area contributed by atoms with E-state index in [9.17, 15) is 0 Å². The molecule has 0 fully saturated rings. The Morgan fingerprint density at radius 3 is 3.23 bits per heavy atom. The van der Waals surface area contributed by atoms with E-state index in [1.54, 1.807) is 0 Å². The monoisotopic (exact) mass is 243 g/mol. The van der Waals surface area contributed by atoms with E-state index in [1.807, 2.05) is 0 Å². The zero-order valence-corrected chi connectivity index (χ0v) is 9.10. The molecule has 3 nitrogen and oxygen atoms in total. The van der Waals surface area contributed by atoms with Crippen molar-refractivity contribution in [2.75, 3.05) is 6.54 Å². The van der Waals surface area contributed by atoms with Gasteiger partial charge < -0.3 is 5.73 Å². The fourth-order valence-electron chi connectivity index (χ4n) is 2.13. The predicted octanol–water partition coefficient (Wildman–Crippen LogP) is 1.94. The van der Waals surface area contributed by atoms with E-state index < -0.39 is 0 Å². The van der Waals surface area contributed by atoms with Gasteiger partial charge in [-0.1, -0.05) is 0 Å². The molecule has 0 amide bonds. The van der Waals surface area contributed by atoms with Gasteiger partial charge in [0.1, 0.15) is 4.60 Å². The molecule has 0 bridgehead atoms. The first-order chi connectivity index (χ1) is 6.33. The lowest BCUT2D eigenvalue weighted by Crippen LogP contribution is -2.13. The maximum atomic E-state index is 5.59. The number of rotatable bonds is 2. The van der Waals surface area contributed by atoms with Crippen molar-refractivity contribution in [2.24, 2.45) is 5.73 Å². The Morgan fingerprint density at radius 2 is 2.46 bits per heavy atom. The van der Waals surface area contributed by atoms with Crippen molar-refractivity contribution in [2.45, 2.75) is 31.6 Å². The Balaban J connectivity index is 2.29. The summed E-state index contributed by atoms with van der Waals surface area (Å²) in [7, 11) is 0. The third-order valence-electron chi connectivity index (χ3n) is 2.74. The molecule has 1 unspecified atom stereocenters. The Kier molecular flexibility index (Phi) is 2.69. The van der Waals surface area contributed by atoms with Crippen molar-refractivity contribution < 1.29 is 0 Å². The number of H-pyrrole nitrogens is 1. The maximum Gasteiger partial charge on any atom is 0.131 e. The van der Waals surface area contributed by atoms with Gasteiger partial charge in [0, 0.05) is 11.3 Å². The zero-order chi connectivity index (χ0) is 9.26. The van der Waals surface area contributed by atoms with E-state index in [0.29, 0.717) is 5.92 Å². The van der Waals surface area contributed by atoms with Crippen molar-refractivity contribution >= 4 is 15.9 Å². The first-order valence-electron chi connectivity index (χ1n) is 4.75. The Labute approximate surface area is 86.2 Å². The molecule has 0 aromatic carbocycles. The minimum atomic E-state index is 0.613. The van der Waals surface area contributed by atoms with E-state index in [2.05, 4.69) is 26.1 Å². The molecule has 1 atom stereocenters. The van der Waals surface area contributed by atoms with Gasteiger partial charge >= 0.3 is 0 Å². The molecular formula is C9H14BrN3. The summed E-state index contributed by atoms with van der Waals surface area (Å²) in [6, 6.07) is 0. The van der Waals surface area contributed by atoms with Crippen LogP contribution in [0.2, 0.25) is 0 Å². The van der Waals surface area contributed by atoms with Crippen LogP contribution >= 0.6 is 15.9 Å². The van der Waals surface area contributed by atoms with Crippen molar-refractivity contribution in [3.05, 3.63) is 15.9 Å². The third-order valence-corrected chi connectivity index (χ3v) is 3.34. The quantitative estimate of drug-likeness (QED) is 0.835. The van der Waals surface area contributed by atoms with Gasteiger partial charge in [0.2, 0.25) is 0 Å². The number of aromatic nitrogens is 2. The molecule has 4 heteroatoms. The summed E-state index contributed by atoms with van der Waals surface area (Å²) in [6.45, 7) is 0.766. The van der Waals surface area contributed by atoms with Crippen molar-refractivity contribution in [3.8, 4) is 0 Å². The van der Waals surface area contributed by atoms with Gasteiger partial charge in [0.05, 0.1) is 0 Å². The van der Waals surface area contributed by atoms with Gasteiger partial charge in [-0.15, -0.1) is 0 Å². The molecular weight excluding hydrogens is 230 g/mol. The van der Waals surface area contributed by atoms with E-state index in [1.165, 1.54) is 24.1 Å². The van der Waals surface area contributed by atoms with E-state index >= 15 is 0 Å². The van der Waals surface area contributed by atoms with Gasteiger partial charge in [0.15, 0.2) is 0 Å². The lowest BCUT2D eigenvalue weighted by molar-refractivity contribution is 0.522. The van der Waals surface area contributed by atoms with Crippen LogP contribution in [0.1, 0.15) is 36.4 Å². The fraction of sp³-hybridized carbons (Fsp3) is 0.667. The number of fused-ring (bicyclic) bond motifs is 1. The third kappa shape index (κ3) is 1.65. The fourth-order valence-corrected chi connectivity index (χ4v) is 2.78. The van der Waals surface area contributed by atoms with Crippen LogP contribution in [0.5, 0.6) is 0 Å². The molecule has 2 rings (SSSR count).